The molecule has 3 N–H and O–H groups in total. The first-order valence-corrected chi connectivity index (χ1v) is 5.40. The zero-order valence-corrected chi connectivity index (χ0v) is 10.1. The summed E-state index contributed by atoms with van der Waals surface area (Å²) in [6.45, 7) is 1.78. The molecule has 0 atom stereocenters. The summed E-state index contributed by atoms with van der Waals surface area (Å²) in [6, 6.07) is 5.01. The van der Waals surface area contributed by atoms with Gasteiger partial charge in [0.25, 0.3) is 5.69 Å². The maximum absolute atomic E-state index is 10.9. The van der Waals surface area contributed by atoms with E-state index >= 15 is 0 Å². The Bertz CT molecular complexity index is 393. The molecule has 0 aliphatic heterocycles. The van der Waals surface area contributed by atoms with E-state index in [1.807, 2.05) is 19.0 Å². The monoisotopic (exact) mass is 238 g/mol. The van der Waals surface area contributed by atoms with Crippen molar-refractivity contribution >= 4 is 11.4 Å². The molecule has 0 amide bonds. The lowest BCUT2D eigenvalue weighted by Crippen LogP contribution is -2.21. The number of nitro benzene ring substituents is 1. The van der Waals surface area contributed by atoms with Crippen LogP contribution in [0.2, 0.25) is 0 Å². The lowest BCUT2D eigenvalue weighted by Gasteiger charge is -2.11. The summed E-state index contributed by atoms with van der Waals surface area (Å²) >= 11 is 0. The van der Waals surface area contributed by atoms with Crippen molar-refractivity contribution in [3.8, 4) is 0 Å². The topological polar surface area (TPSA) is 84.4 Å². The van der Waals surface area contributed by atoms with E-state index in [-0.39, 0.29) is 5.69 Å². The highest BCUT2D eigenvalue weighted by Crippen LogP contribution is 2.25. The van der Waals surface area contributed by atoms with E-state index in [2.05, 4.69) is 5.32 Å². The highest BCUT2D eigenvalue weighted by Gasteiger charge is 2.13. The SMILES string of the molecule is CN(C)CCNc1ccc(CN)cc1[N+](=O)[O-]. The first-order chi connectivity index (χ1) is 8.04. The minimum absolute atomic E-state index is 0.0757. The summed E-state index contributed by atoms with van der Waals surface area (Å²) in [6.07, 6.45) is 0. The summed E-state index contributed by atoms with van der Waals surface area (Å²) in [7, 11) is 3.90. The fraction of sp³-hybridized carbons (Fsp3) is 0.455. The Morgan fingerprint density at radius 2 is 2.18 bits per heavy atom. The van der Waals surface area contributed by atoms with Crippen LogP contribution in [0.1, 0.15) is 5.56 Å². The smallest absolute Gasteiger partial charge is 0.292 e. The highest BCUT2D eigenvalue weighted by atomic mass is 16.6. The average molecular weight is 238 g/mol. The van der Waals surface area contributed by atoms with Crippen LogP contribution in [0.15, 0.2) is 18.2 Å². The van der Waals surface area contributed by atoms with Gasteiger partial charge in [0.15, 0.2) is 0 Å². The zero-order chi connectivity index (χ0) is 12.8. The predicted molar refractivity (Wildman–Crippen MR) is 68.0 cm³/mol. The molecule has 1 aromatic carbocycles. The van der Waals surface area contributed by atoms with Crippen molar-refractivity contribution in [1.29, 1.82) is 0 Å². The fourth-order valence-corrected chi connectivity index (χ4v) is 1.42. The largest absolute Gasteiger partial charge is 0.378 e. The van der Waals surface area contributed by atoms with Crippen LogP contribution >= 0.6 is 0 Å². The van der Waals surface area contributed by atoms with Gasteiger partial charge in [-0.05, 0) is 25.7 Å². The third kappa shape index (κ3) is 4.01. The molecule has 0 saturated carbocycles. The quantitative estimate of drug-likeness (QED) is 0.571. The fourth-order valence-electron chi connectivity index (χ4n) is 1.42. The van der Waals surface area contributed by atoms with Gasteiger partial charge >= 0.3 is 0 Å². The Balaban J connectivity index is 2.80. The Kier molecular flexibility index (Phi) is 4.86. The Morgan fingerprint density at radius 3 is 2.71 bits per heavy atom. The predicted octanol–water partition coefficient (Wildman–Crippen LogP) is 1.03. The van der Waals surface area contributed by atoms with Crippen LogP contribution < -0.4 is 11.1 Å². The molecular weight excluding hydrogens is 220 g/mol. The van der Waals surface area contributed by atoms with Gasteiger partial charge in [-0.1, -0.05) is 6.07 Å². The molecule has 0 unspecified atom stereocenters. The molecule has 0 aliphatic rings. The molecule has 17 heavy (non-hydrogen) atoms. The van der Waals surface area contributed by atoms with Gasteiger partial charge in [-0.25, -0.2) is 0 Å². The van der Waals surface area contributed by atoms with Crippen molar-refractivity contribution in [2.24, 2.45) is 5.73 Å². The minimum Gasteiger partial charge on any atom is -0.378 e. The molecule has 1 rings (SSSR count). The second-order valence-electron chi connectivity index (χ2n) is 4.04. The molecule has 0 aromatic heterocycles. The van der Waals surface area contributed by atoms with Crippen LogP contribution in [-0.4, -0.2) is 37.0 Å². The normalized spacial score (nSPS) is 10.6. The number of likely N-dealkylation sites (N-methyl/N-ethyl adjacent to an activating group) is 1. The van der Waals surface area contributed by atoms with Crippen molar-refractivity contribution in [2.45, 2.75) is 6.54 Å². The molecule has 6 heteroatoms. The average Bonchev–Trinajstić information content (AvgIpc) is 2.28. The van der Waals surface area contributed by atoms with Crippen LogP contribution in [0.5, 0.6) is 0 Å². The summed E-state index contributed by atoms with van der Waals surface area (Å²) in [4.78, 5) is 12.5. The maximum atomic E-state index is 10.9. The van der Waals surface area contributed by atoms with Crippen LogP contribution in [0, 0.1) is 10.1 Å². The van der Waals surface area contributed by atoms with Gasteiger partial charge in [0, 0.05) is 25.7 Å². The summed E-state index contributed by atoms with van der Waals surface area (Å²) in [5, 5.41) is 14.0. The standard InChI is InChI=1S/C11H18N4O2/c1-14(2)6-5-13-10-4-3-9(8-12)7-11(10)15(16)17/h3-4,7,13H,5-6,8,12H2,1-2H3. The van der Waals surface area contributed by atoms with E-state index in [0.29, 0.717) is 18.8 Å². The van der Waals surface area contributed by atoms with Crippen molar-refractivity contribution < 1.29 is 4.92 Å². The Labute approximate surface area is 101 Å². The second kappa shape index (κ2) is 6.17. The van der Waals surface area contributed by atoms with Gasteiger partial charge in [0.2, 0.25) is 0 Å². The minimum atomic E-state index is -0.392. The summed E-state index contributed by atoms with van der Waals surface area (Å²) < 4.78 is 0. The van der Waals surface area contributed by atoms with Crippen molar-refractivity contribution in [1.82, 2.24) is 4.90 Å². The van der Waals surface area contributed by atoms with Gasteiger partial charge in [0.05, 0.1) is 4.92 Å². The molecule has 0 bridgehead atoms. The third-order valence-electron chi connectivity index (χ3n) is 2.37. The number of hydrogen-bond acceptors (Lipinski definition) is 5. The molecular formula is C11H18N4O2. The number of nitrogens with zero attached hydrogens (tertiary/aromatic N) is 2. The molecule has 0 spiro atoms. The van der Waals surface area contributed by atoms with Gasteiger partial charge in [0.1, 0.15) is 5.69 Å². The zero-order valence-electron chi connectivity index (χ0n) is 10.1. The summed E-state index contributed by atoms with van der Waals surface area (Å²) in [5.74, 6) is 0. The van der Waals surface area contributed by atoms with Crippen LogP contribution in [0.25, 0.3) is 0 Å². The second-order valence-corrected chi connectivity index (χ2v) is 4.04. The highest BCUT2D eigenvalue weighted by molar-refractivity contribution is 5.62. The van der Waals surface area contributed by atoms with E-state index in [0.717, 1.165) is 12.1 Å². The van der Waals surface area contributed by atoms with Crippen LogP contribution in [0.3, 0.4) is 0 Å². The van der Waals surface area contributed by atoms with Gasteiger partial charge in [-0.15, -0.1) is 0 Å². The van der Waals surface area contributed by atoms with E-state index < -0.39 is 4.92 Å². The lowest BCUT2D eigenvalue weighted by atomic mass is 10.1. The van der Waals surface area contributed by atoms with Crippen LogP contribution in [-0.2, 0) is 6.54 Å². The number of nitrogens with two attached hydrogens (primary N) is 1. The molecule has 0 fully saturated rings. The number of rotatable bonds is 6. The lowest BCUT2D eigenvalue weighted by molar-refractivity contribution is -0.384. The van der Waals surface area contributed by atoms with E-state index in [4.69, 9.17) is 5.73 Å². The van der Waals surface area contributed by atoms with Gasteiger partial charge < -0.3 is 16.0 Å². The number of anilines is 1. The first-order valence-electron chi connectivity index (χ1n) is 5.40. The molecule has 94 valence electrons. The number of hydrogen-bond donors (Lipinski definition) is 2. The van der Waals surface area contributed by atoms with E-state index in [1.54, 1.807) is 12.1 Å². The van der Waals surface area contributed by atoms with Gasteiger partial charge in [-0.2, -0.15) is 0 Å². The number of nitro groups is 1. The Hall–Kier alpha value is -1.66. The molecule has 0 heterocycles. The third-order valence-corrected chi connectivity index (χ3v) is 2.37. The Morgan fingerprint density at radius 1 is 1.47 bits per heavy atom. The summed E-state index contributed by atoms with van der Waals surface area (Å²) in [5.41, 5.74) is 6.83. The molecule has 1 aromatic rings. The first kappa shape index (κ1) is 13.4. The molecule has 0 saturated heterocycles. The van der Waals surface area contributed by atoms with E-state index in [1.165, 1.54) is 6.07 Å². The van der Waals surface area contributed by atoms with Crippen molar-refractivity contribution in [3.05, 3.63) is 33.9 Å². The van der Waals surface area contributed by atoms with Crippen molar-refractivity contribution in [3.63, 3.8) is 0 Å². The molecule has 6 nitrogen and oxygen atoms in total. The van der Waals surface area contributed by atoms with E-state index in [9.17, 15) is 10.1 Å². The van der Waals surface area contributed by atoms with Gasteiger partial charge in [-0.3, -0.25) is 10.1 Å². The molecule has 0 radical (unpaired) electrons. The maximum Gasteiger partial charge on any atom is 0.292 e. The molecule has 0 aliphatic carbocycles. The van der Waals surface area contributed by atoms with Crippen molar-refractivity contribution in [2.75, 3.05) is 32.5 Å². The number of nitrogens with one attached hydrogen (secondary N) is 1. The number of benzene rings is 1. The van der Waals surface area contributed by atoms with Crippen LogP contribution in [0.4, 0.5) is 11.4 Å².